The molecule has 5 nitrogen and oxygen atoms in total. The second kappa shape index (κ2) is 15.6. The molecule has 0 N–H and O–H groups in total. The molecular formula is C25H42ClNO4. The van der Waals surface area contributed by atoms with E-state index in [9.17, 15) is 4.79 Å². The maximum atomic E-state index is 13.2. The van der Waals surface area contributed by atoms with Crippen LogP contribution in [0.3, 0.4) is 0 Å². The number of quaternary nitrogens is 1. The average molecular weight is 456 g/mol. The van der Waals surface area contributed by atoms with Crippen molar-refractivity contribution in [2.24, 2.45) is 5.92 Å². The number of esters is 1. The zero-order chi connectivity index (χ0) is 21.7. The first-order valence-corrected chi connectivity index (χ1v) is 11.8. The number of hydrogen-bond acceptors (Lipinski definition) is 4. The Balaban J connectivity index is 0.00000480. The fourth-order valence-corrected chi connectivity index (χ4v) is 4.16. The minimum Gasteiger partial charge on any atom is -1.00 e. The molecule has 1 aliphatic carbocycles. The van der Waals surface area contributed by atoms with E-state index in [2.05, 4.69) is 33.0 Å². The van der Waals surface area contributed by atoms with Gasteiger partial charge in [0.05, 0.1) is 26.2 Å². The zero-order valence-electron chi connectivity index (χ0n) is 19.7. The Morgan fingerprint density at radius 3 is 2.03 bits per heavy atom. The largest absolute Gasteiger partial charge is 1.00 e. The molecule has 6 heteroatoms. The summed E-state index contributed by atoms with van der Waals surface area (Å²) in [6, 6.07) is 10.2. The number of benzene rings is 1. The first kappa shape index (κ1) is 27.9. The van der Waals surface area contributed by atoms with Gasteiger partial charge in [-0.05, 0) is 37.2 Å². The minimum atomic E-state index is -0.158. The summed E-state index contributed by atoms with van der Waals surface area (Å²) in [5, 5.41) is 0. The van der Waals surface area contributed by atoms with Crippen molar-refractivity contribution in [1.82, 2.24) is 0 Å². The number of nitrogens with zero attached hydrogens (tertiary/aromatic N) is 1. The second-order valence-electron chi connectivity index (χ2n) is 8.82. The highest BCUT2D eigenvalue weighted by Crippen LogP contribution is 2.38. The van der Waals surface area contributed by atoms with E-state index in [1.807, 2.05) is 18.2 Å². The molecule has 0 amide bonds. The number of likely N-dealkylation sites (N-methyl/N-ethyl adjacent to an activating group) is 1. The molecule has 0 radical (unpaired) electrons. The lowest BCUT2D eigenvalue weighted by molar-refractivity contribution is -0.926. The number of halogens is 1. The van der Waals surface area contributed by atoms with Gasteiger partial charge in [-0.3, -0.25) is 9.28 Å². The van der Waals surface area contributed by atoms with Gasteiger partial charge in [-0.25, -0.2) is 0 Å². The summed E-state index contributed by atoms with van der Waals surface area (Å²) in [5.41, 5.74) is 1.08. The molecule has 1 aromatic carbocycles. The molecule has 0 heterocycles. The van der Waals surface area contributed by atoms with Gasteiger partial charge >= 0.3 is 5.97 Å². The lowest BCUT2D eigenvalue weighted by atomic mass is 9.85. The molecule has 31 heavy (non-hydrogen) atoms. The van der Waals surface area contributed by atoms with E-state index in [-0.39, 0.29) is 24.3 Å². The van der Waals surface area contributed by atoms with Crippen LogP contribution in [0.25, 0.3) is 0 Å². The standard InChI is InChI=1S/C25H42NO4.ClH/c1-4-17-28-19-15-26(3,16-20-29-18-5-2)21-30-25(27)24(23-13-9-10-14-23)22-11-7-6-8-12-22;/h6-8,11-12,23-24H,4-5,9-10,13-21H2,1-3H3;1H/q+1;/p-1. The van der Waals surface area contributed by atoms with E-state index in [4.69, 9.17) is 14.2 Å². The number of ether oxygens (including phenoxy) is 3. The summed E-state index contributed by atoms with van der Waals surface area (Å²) >= 11 is 0. The maximum Gasteiger partial charge on any atom is 0.317 e. The summed E-state index contributed by atoms with van der Waals surface area (Å²) in [6.07, 6.45) is 6.65. The van der Waals surface area contributed by atoms with Crippen LogP contribution in [-0.4, -0.2) is 63.7 Å². The number of carbonyl (C=O) groups is 1. The van der Waals surface area contributed by atoms with Crippen molar-refractivity contribution < 1.29 is 35.9 Å². The lowest BCUT2D eigenvalue weighted by Crippen LogP contribution is -3.00. The normalized spacial score (nSPS) is 15.5. The van der Waals surface area contributed by atoms with Crippen molar-refractivity contribution >= 4 is 5.97 Å². The molecule has 0 saturated heterocycles. The third-order valence-corrected chi connectivity index (χ3v) is 6.05. The molecule has 1 aliphatic rings. The molecular weight excluding hydrogens is 414 g/mol. The fraction of sp³-hybridized carbons (Fsp3) is 0.720. The van der Waals surface area contributed by atoms with Crippen molar-refractivity contribution in [3.05, 3.63) is 35.9 Å². The van der Waals surface area contributed by atoms with E-state index >= 15 is 0 Å². The van der Waals surface area contributed by atoms with Gasteiger partial charge in [0.15, 0.2) is 0 Å². The van der Waals surface area contributed by atoms with Crippen LogP contribution in [0.4, 0.5) is 0 Å². The Bertz CT molecular complexity index is 580. The predicted molar refractivity (Wildman–Crippen MR) is 120 cm³/mol. The molecule has 1 fully saturated rings. The topological polar surface area (TPSA) is 44.8 Å². The molecule has 1 atom stereocenters. The van der Waals surface area contributed by atoms with Crippen molar-refractivity contribution in [3.63, 3.8) is 0 Å². The Kier molecular flexibility index (Phi) is 14.1. The van der Waals surface area contributed by atoms with Crippen molar-refractivity contribution in [3.8, 4) is 0 Å². The predicted octanol–water partition coefficient (Wildman–Crippen LogP) is 1.76. The minimum absolute atomic E-state index is 0. The molecule has 0 aromatic heterocycles. The summed E-state index contributed by atoms with van der Waals surface area (Å²) in [4.78, 5) is 13.2. The fourth-order valence-electron chi connectivity index (χ4n) is 4.16. The molecule has 1 unspecified atom stereocenters. The SMILES string of the molecule is CCCOCC[N+](C)(CCOCCC)COC(=O)C(c1ccccc1)C1CCCC1.[Cl-]. The Morgan fingerprint density at radius 1 is 0.968 bits per heavy atom. The summed E-state index contributed by atoms with van der Waals surface area (Å²) < 4.78 is 18.0. The molecule has 1 aromatic rings. The Hall–Kier alpha value is -1.14. The van der Waals surface area contributed by atoms with E-state index in [1.54, 1.807) is 0 Å². The van der Waals surface area contributed by atoms with Crippen LogP contribution in [0.1, 0.15) is 63.9 Å². The van der Waals surface area contributed by atoms with Gasteiger partial charge in [0, 0.05) is 13.2 Å². The van der Waals surface area contributed by atoms with Gasteiger partial charge in [0.1, 0.15) is 13.1 Å². The van der Waals surface area contributed by atoms with Crippen LogP contribution >= 0.6 is 0 Å². The molecule has 0 aliphatic heterocycles. The first-order valence-electron chi connectivity index (χ1n) is 11.8. The number of rotatable bonds is 15. The quantitative estimate of drug-likeness (QED) is 0.175. The monoisotopic (exact) mass is 455 g/mol. The van der Waals surface area contributed by atoms with Gasteiger partial charge in [-0.2, -0.15) is 0 Å². The van der Waals surface area contributed by atoms with E-state index < -0.39 is 0 Å². The maximum absolute atomic E-state index is 13.2. The molecule has 1 saturated carbocycles. The van der Waals surface area contributed by atoms with Crippen LogP contribution in [-0.2, 0) is 19.0 Å². The van der Waals surface area contributed by atoms with Gasteiger partial charge in [-0.15, -0.1) is 0 Å². The third kappa shape index (κ3) is 9.90. The number of hydrogen-bond donors (Lipinski definition) is 0. The molecule has 2 rings (SSSR count). The third-order valence-electron chi connectivity index (χ3n) is 6.05. The Labute approximate surface area is 195 Å². The highest BCUT2D eigenvalue weighted by Gasteiger charge is 2.34. The first-order chi connectivity index (χ1) is 14.6. The highest BCUT2D eigenvalue weighted by atomic mass is 35.5. The summed E-state index contributed by atoms with van der Waals surface area (Å²) in [7, 11) is 2.13. The van der Waals surface area contributed by atoms with Gasteiger partial charge in [0.25, 0.3) is 0 Å². The van der Waals surface area contributed by atoms with Gasteiger partial charge in [0.2, 0.25) is 6.73 Å². The van der Waals surface area contributed by atoms with Crippen molar-refractivity contribution in [1.29, 1.82) is 0 Å². The van der Waals surface area contributed by atoms with Crippen molar-refractivity contribution in [2.75, 3.05) is 53.3 Å². The van der Waals surface area contributed by atoms with Gasteiger partial charge in [-0.1, -0.05) is 57.0 Å². The van der Waals surface area contributed by atoms with Crippen LogP contribution in [0.2, 0.25) is 0 Å². The zero-order valence-corrected chi connectivity index (χ0v) is 20.4. The lowest BCUT2D eigenvalue weighted by Gasteiger charge is -2.34. The van der Waals surface area contributed by atoms with Crippen LogP contribution in [0, 0.1) is 5.92 Å². The smallest absolute Gasteiger partial charge is 0.317 e. The van der Waals surface area contributed by atoms with Crippen LogP contribution < -0.4 is 12.4 Å². The van der Waals surface area contributed by atoms with Crippen LogP contribution in [0.15, 0.2) is 30.3 Å². The Morgan fingerprint density at radius 2 is 1.52 bits per heavy atom. The summed E-state index contributed by atoms with van der Waals surface area (Å²) in [5.74, 6) is 0.149. The molecule has 0 spiro atoms. The van der Waals surface area contributed by atoms with E-state index in [0.29, 0.717) is 30.3 Å². The number of carbonyl (C=O) groups excluding carboxylic acids is 1. The van der Waals surface area contributed by atoms with Crippen molar-refractivity contribution in [2.45, 2.75) is 58.3 Å². The second-order valence-corrected chi connectivity index (χ2v) is 8.82. The highest BCUT2D eigenvalue weighted by molar-refractivity contribution is 5.78. The molecule has 178 valence electrons. The van der Waals surface area contributed by atoms with E-state index in [1.165, 1.54) is 12.8 Å². The molecule has 0 bridgehead atoms. The van der Waals surface area contributed by atoms with Gasteiger partial charge < -0.3 is 26.6 Å². The van der Waals surface area contributed by atoms with E-state index in [0.717, 1.165) is 57.6 Å². The van der Waals surface area contributed by atoms with Crippen LogP contribution in [0.5, 0.6) is 0 Å². The summed E-state index contributed by atoms with van der Waals surface area (Å²) in [6.45, 7) is 9.07. The average Bonchev–Trinajstić information content (AvgIpc) is 3.28.